The smallest absolute Gasteiger partial charge is 0.135 e. The summed E-state index contributed by atoms with van der Waals surface area (Å²) in [7, 11) is 0. The molecule has 0 bridgehead atoms. The van der Waals surface area contributed by atoms with E-state index in [9.17, 15) is 0 Å². The highest BCUT2D eigenvalue weighted by molar-refractivity contribution is 6.05. The van der Waals surface area contributed by atoms with E-state index >= 15 is 0 Å². The van der Waals surface area contributed by atoms with Crippen LogP contribution in [-0.2, 0) is 0 Å². The molecule has 104 valence electrons. The first-order chi connectivity index (χ1) is 10.9. The van der Waals surface area contributed by atoms with Crippen LogP contribution in [0.2, 0.25) is 0 Å². The predicted octanol–water partition coefficient (Wildman–Crippen LogP) is 4.92. The number of para-hydroxylation sites is 3. The molecule has 0 spiro atoms. The van der Waals surface area contributed by atoms with E-state index < -0.39 is 0 Å². The first-order valence-corrected chi connectivity index (χ1v) is 7.24. The van der Waals surface area contributed by atoms with Crippen LogP contribution >= 0.6 is 0 Å². The molecule has 0 atom stereocenters. The lowest BCUT2D eigenvalue weighted by Gasteiger charge is -2.04. The number of fused-ring (bicyclic) bond motifs is 4. The number of imidazole rings is 1. The molecule has 0 radical (unpaired) electrons. The number of furan rings is 1. The minimum absolute atomic E-state index is 0.911. The zero-order chi connectivity index (χ0) is 14.5. The van der Waals surface area contributed by atoms with E-state index in [-0.39, 0.29) is 0 Å². The molecule has 5 rings (SSSR count). The van der Waals surface area contributed by atoms with Crippen LogP contribution in [0.15, 0.2) is 77.5 Å². The Bertz CT molecular complexity index is 1130. The van der Waals surface area contributed by atoms with E-state index in [4.69, 9.17) is 4.42 Å². The predicted molar refractivity (Wildman–Crippen MR) is 88.3 cm³/mol. The molecular formula is C19H12N2O. The van der Waals surface area contributed by atoms with Gasteiger partial charge in [0.05, 0.1) is 11.0 Å². The minimum Gasteiger partial charge on any atom is -0.456 e. The SMILES string of the molecule is c1ccc2c(c1)ncn2-c1ccc2oc3ccccc3c2c1. The number of aromatic nitrogens is 2. The molecule has 0 aliphatic heterocycles. The van der Waals surface area contributed by atoms with Crippen LogP contribution in [0, 0.1) is 0 Å². The van der Waals surface area contributed by atoms with Crippen LogP contribution in [0.5, 0.6) is 0 Å². The van der Waals surface area contributed by atoms with Crippen molar-refractivity contribution in [3.05, 3.63) is 73.1 Å². The summed E-state index contributed by atoms with van der Waals surface area (Å²) in [5.41, 5.74) is 5.03. The van der Waals surface area contributed by atoms with E-state index in [1.807, 2.05) is 48.8 Å². The van der Waals surface area contributed by atoms with Crippen molar-refractivity contribution in [2.45, 2.75) is 0 Å². The summed E-state index contributed by atoms with van der Waals surface area (Å²) in [6.45, 7) is 0. The van der Waals surface area contributed by atoms with Crippen LogP contribution in [0.25, 0.3) is 38.7 Å². The molecule has 0 N–H and O–H groups in total. The lowest BCUT2D eigenvalue weighted by atomic mass is 10.1. The van der Waals surface area contributed by atoms with Crippen molar-refractivity contribution in [2.24, 2.45) is 0 Å². The van der Waals surface area contributed by atoms with Gasteiger partial charge in [0.1, 0.15) is 17.5 Å². The van der Waals surface area contributed by atoms with Gasteiger partial charge in [-0.2, -0.15) is 0 Å². The topological polar surface area (TPSA) is 31.0 Å². The molecule has 3 nitrogen and oxygen atoms in total. The van der Waals surface area contributed by atoms with E-state index in [2.05, 4.69) is 33.8 Å². The Kier molecular flexibility index (Phi) is 2.22. The second kappa shape index (κ2) is 4.21. The normalized spacial score (nSPS) is 11.6. The Morgan fingerprint density at radius 2 is 1.59 bits per heavy atom. The average Bonchev–Trinajstić information content (AvgIpc) is 3.15. The Morgan fingerprint density at radius 3 is 2.59 bits per heavy atom. The van der Waals surface area contributed by atoms with Crippen LogP contribution in [-0.4, -0.2) is 9.55 Å². The molecular weight excluding hydrogens is 272 g/mol. The highest BCUT2D eigenvalue weighted by Gasteiger charge is 2.09. The van der Waals surface area contributed by atoms with Gasteiger partial charge in [-0.25, -0.2) is 4.98 Å². The van der Waals surface area contributed by atoms with Crippen LogP contribution < -0.4 is 0 Å². The second-order valence-corrected chi connectivity index (χ2v) is 5.38. The molecule has 0 saturated carbocycles. The number of nitrogens with zero attached hydrogens (tertiary/aromatic N) is 2. The molecule has 0 aliphatic carbocycles. The van der Waals surface area contributed by atoms with Crippen molar-refractivity contribution in [2.75, 3.05) is 0 Å². The molecule has 3 heteroatoms. The van der Waals surface area contributed by atoms with E-state index in [1.165, 1.54) is 0 Å². The van der Waals surface area contributed by atoms with Gasteiger partial charge in [-0.1, -0.05) is 30.3 Å². The Labute approximate surface area is 126 Å². The molecule has 0 saturated heterocycles. The van der Waals surface area contributed by atoms with Crippen LogP contribution in [0.4, 0.5) is 0 Å². The Hall–Kier alpha value is -3.07. The Morgan fingerprint density at radius 1 is 0.773 bits per heavy atom. The lowest BCUT2D eigenvalue weighted by molar-refractivity contribution is 0.669. The van der Waals surface area contributed by atoms with Gasteiger partial charge in [0.2, 0.25) is 0 Å². The van der Waals surface area contributed by atoms with Crippen molar-refractivity contribution in [1.82, 2.24) is 9.55 Å². The summed E-state index contributed by atoms with van der Waals surface area (Å²) in [5.74, 6) is 0. The molecule has 2 heterocycles. The largest absolute Gasteiger partial charge is 0.456 e. The maximum atomic E-state index is 5.89. The average molecular weight is 284 g/mol. The molecule has 3 aromatic carbocycles. The summed E-state index contributed by atoms with van der Waals surface area (Å²) in [5, 5.41) is 2.27. The van der Waals surface area contributed by atoms with Gasteiger partial charge in [-0.3, -0.25) is 4.57 Å². The number of hydrogen-bond acceptors (Lipinski definition) is 2. The molecule has 0 unspecified atom stereocenters. The summed E-state index contributed by atoms with van der Waals surface area (Å²) in [4.78, 5) is 4.46. The van der Waals surface area contributed by atoms with Gasteiger partial charge in [0.25, 0.3) is 0 Å². The molecule has 0 aliphatic rings. The first-order valence-electron chi connectivity index (χ1n) is 7.24. The standard InChI is InChI=1S/C19H12N2O/c1-4-8-18-14(5-1)15-11-13(9-10-19(15)22-18)21-12-20-16-6-2-3-7-17(16)21/h1-12H. The molecule has 22 heavy (non-hydrogen) atoms. The fraction of sp³-hybridized carbons (Fsp3) is 0. The fourth-order valence-electron chi connectivity index (χ4n) is 3.03. The van der Waals surface area contributed by atoms with Crippen molar-refractivity contribution >= 4 is 33.0 Å². The van der Waals surface area contributed by atoms with Gasteiger partial charge in [0, 0.05) is 16.5 Å². The van der Waals surface area contributed by atoms with Crippen molar-refractivity contribution in [3.8, 4) is 5.69 Å². The van der Waals surface area contributed by atoms with Gasteiger partial charge in [-0.15, -0.1) is 0 Å². The molecule has 5 aromatic rings. The van der Waals surface area contributed by atoms with E-state index in [1.54, 1.807) is 0 Å². The number of hydrogen-bond donors (Lipinski definition) is 0. The van der Waals surface area contributed by atoms with Crippen LogP contribution in [0.1, 0.15) is 0 Å². The van der Waals surface area contributed by atoms with Crippen LogP contribution in [0.3, 0.4) is 0 Å². The maximum Gasteiger partial charge on any atom is 0.135 e. The third-order valence-electron chi connectivity index (χ3n) is 4.09. The molecule has 0 amide bonds. The highest BCUT2D eigenvalue weighted by Crippen LogP contribution is 2.30. The zero-order valence-corrected chi connectivity index (χ0v) is 11.7. The third-order valence-corrected chi connectivity index (χ3v) is 4.09. The molecule has 0 fully saturated rings. The summed E-state index contributed by atoms with van der Waals surface area (Å²) >= 11 is 0. The summed E-state index contributed by atoms with van der Waals surface area (Å²) in [6.07, 6.45) is 1.87. The lowest BCUT2D eigenvalue weighted by Crippen LogP contribution is -1.90. The van der Waals surface area contributed by atoms with Gasteiger partial charge < -0.3 is 4.42 Å². The maximum absolute atomic E-state index is 5.89. The third kappa shape index (κ3) is 1.53. The van der Waals surface area contributed by atoms with Gasteiger partial charge >= 0.3 is 0 Å². The van der Waals surface area contributed by atoms with Crippen molar-refractivity contribution in [1.29, 1.82) is 0 Å². The quantitative estimate of drug-likeness (QED) is 0.437. The van der Waals surface area contributed by atoms with E-state index in [0.717, 1.165) is 38.7 Å². The minimum atomic E-state index is 0.911. The van der Waals surface area contributed by atoms with Crippen molar-refractivity contribution in [3.63, 3.8) is 0 Å². The Balaban J connectivity index is 1.83. The zero-order valence-electron chi connectivity index (χ0n) is 11.7. The summed E-state index contributed by atoms with van der Waals surface area (Å²) < 4.78 is 8.00. The van der Waals surface area contributed by atoms with E-state index in [0.29, 0.717) is 0 Å². The highest BCUT2D eigenvalue weighted by atomic mass is 16.3. The monoisotopic (exact) mass is 284 g/mol. The number of rotatable bonds is 1. The van der Waals surface area contributed by atoms with Crippen molar-refractivity contribution < 1.29 is 4.42 Å². The number of benzene rings is 3. The first kappa shape index (κ1) is 11.6. The molecule has 2 aromatic heterocycles. The second-order valence-electron chi connectivity index (χ2n) is 5.38. The fourth-order valence-corrected chi connectivity index (χ4v) is 3.03. The summed E-state index contributed by atoms with van der Waals surface area (Å²) in [6, 6.07) is 22.5. The van der Waals surface area contributed by atoms with Gasteiger partial charge in [-0.05, 0) is 36.4 Å². The van der Waals surface area contributed by atoms with Gasteiger partial charge in [0.15, 0.2) is 0 Å².